The molecule has 0 fully saturated rings. The molecule has 0 aliphatic rings. The van der Waals surface area contributed by atoms with Crippen LogP contribution < -0.4 is 5.32 Å². The highest BCUT2D eigenvalue weighted by atomic mass is 79.9. The van der Waals surface area contributed by atoms with Gasteiger partial charge in [0.25, 0.3) is 11.6 Å². The van der Waals surface area contributed by atoms with Crippen molar-refractivity contribution >= 4 is 27.5 Å². The van der Waals surface area contributed by atoms with Gasteiger partial charge in [0.2, 0.25) is 0 Å². The zero-order valence-electron chi connectivity index (χ0n) is 10.8. The fourth-order valence-corrected chi connectivity index (χ4v) is 2.21. The van der Waals surface area contributed by atoms with E-state index in [9.17, 15) is 14.9 Å². The molecule has 1 aromatic rings. The Kier molecular flexibility index (Phi) is 5.97. The zero-order chi connectivity index (χ0) is 14.4. The number of hydrogen-bond donors (Lipinski definition) is 1. The second-order valence-electron chi connectivity index (χ2n) is 4.05. The average molecular weight is 334 g/mol. The Hall–Kier alpha value is -1.41. The molecule has 0 aromatic carbocycles. The minimum Gasteiger partial charge on any atom is -0.383 e. The number of ether oxygens (including phenoxy) is 1. The summed E-state index contributed by atoms with van der Waals surface area (Å²) in [6, 6.07) is 1.12. The Bertz CT molecular complexity index is 455. The smallest absolute Gasteiger partial charge is 0.287 e. The first-order chi connectivity index (χ1) is 8.99. The Balaban J connectivity index is 2.78. The number of amides is 1. The van der Waals surface area contributed by atoms with Crippen LogP contribution in [0, 0.1) is 10.1 Å². The van der Waals surface area contributed by atoms with Crippen LogP contribution in [0.1, 0.15) is 16.9 Å². The molecule has 1 unspecified atom stereocenters. The van der Waals surface area contributed by atoms with Crippen LogP contribution >= 0.6 is 15.9 Å². The van der Waals surface area contributed by atoms with Gasteiger partial charge in [-0.1, -0.05) is 15.9 Å². The second-order valence-corrected chi connectivity index (χ2v) is 4.85. The summed E-state index contributed by atoms with van der Waals surface area (Å²) >= 11 is 3.30. The number of nitrogens with zero attached hydrogens (tertiary/aromatic N) is 2. The third-order valence-electron chi connectivity index (χ3n) is 2.59. The fourth-order valence-electron chi connectivity index (χ4n) is 1.66. The molecule has 8 heteroatoms. The highest BCUT2D eigenvalue weighted by molar-refractivity contribution is 9.09. The number of carbonyl (C=O) groups excluding carboxylic acids is 1. The maximum atomic E-state index is 12.0. The number of carbonyl (C=O) groups is 1. The molecule has 0 bridgehead atoms. The van der Waals surface area contributed by atoms with E-state index in [1.54, 1.807) is 14.2 Å². The molecular weight excluding hydrogens is 318 g/mol. The van der Waals surface area contributed by atoms with Crippen molar-refractivity contribution in [1.29, 1.82) is 0 Å². The molecule has 19 heavy (non-hydrogen) atoms. The van der Waals surface area contributed by atoms with Crippen LogP contribution in [0.2, 0.25) is 0 Å². The van der Waals surface area contributed by atoms with Crippen molar-refractivity contribution in [2.75, 3.05) is 19.0 Å². The van der Waals surface area contributed by atoms with Gasteiger partial charge in [0, 0.05) is 25.6 Å². The van der Waals surface area contributed by atoms with Gasteiger partial charge in [0.05, 0.1) is 23.8 Å². The van der Waals surface area contributed by atoms with Gasteiger partial charge >= 0.3 is 0 Å². The van der Waals surface area contributed by atoms with Crippen molar-refractivity contribution in [3.05, 3.63) is 28.1 Å². The normalized spacial score (nSPS) is 12.2. The first-order valence-corrected chi connectivity index (χ1v) is 6.78. The van der Waals surface area contributed by atoms with Gasteiger partial charge in [-0.25, -0.2) is 0 Å². The lowest BCUT2D eigenvalue weighted by molar-refractivity contribution is -0.384. The van der Waals surface area contributed by atoms with Gasteiger partial charge in [-0.3, -0.25) is 14.9 Å². The third-order valence-corrected chi connectivity index (χ3v) is 3.05. The maximum absolute atomic E-state index is 12.0. The van der Waals surface area contributed by atoms with Crippen LogP contribution in [-0.4, -0.2) is 40.5 Å². The summed E-state index contributed by atoms with van der Waals surface area (Å²) in [5.74, 6) is -0.349. The predicted octanol–water partition coefficient (Wildman–Crippen LogP) is 1.46. The van der Waals surface area contributed by atoms with Crippen molar-refractivity contribution < 1.29 is 14.5 Å². The maximum Gasteiger partial charge on any atom is 0.287 e. The number of hydrogen-bond acceptors (Lipinski definition) is 4. The topological polar surface area (TPSA) is 86.4 Å². The molecule has 1 N–H and O–H groups in total. The standard InChI is InChI=1S/C11H16BrN3O4/c1-14-6-9(15(17)18)5-10(14)11(16)13-8(3-4-12)7-19-2/h5-6,8H,3-4,7H2,1-2H3,(H,13,16). The summed E-state index contributed by atoms with van der Waals surface area (Å²) in [4.78, 5) is 22.2. The van der Waals surface area contributed by atoms with Crippen LogP contribution in [0.3, 0.4) is 0 Å². The van der Waals surface area contributed by atoms with Crippen LogP contribution in [0.5, 0.6) is 0 Å². The van der Waals surface area contributed by atoms with Gasteiger partial charge in [-0.2, -0.15) is 0 Å². The number of alkyl halides is 1. The quantitative estimate of drug-likeness (QED) is 0.465. The number of aromatic nitrogens is 1. The number of aryl methyl sites for hydroxylation is 1. The van der Waals surface area contributed by atoms with Gasteiger partial charge < -0.3 is 14.6 Å². The van der Waals surface area contributed by atoms with Crippen LogP contribution in [-0.2, 0) is 11.8 Å². The molecule has 106 valence electrons. The third kappa shape index (κ3) is 4.32. The molecule has 1 heterocycles. The Morgan fingerprint density at radius 2 is 2.37 bits per heavy atom. The van der Waals surface area contributed by atoms with Crippen molar-refractivity contribution in [1.82, 2.24) is 9.88 Å². The van der Waals surface area contributed by atoms with Gasteiger partial charge in [0.15, 0.2) is 0 Å². The summed E-state index contributed by atoms with van der Waals surface area (Å²) < 4.78 is 6.45. The van der Waals surface area contributed by atoms with E-state index in [1.165, 1.54) is 16.8 Å². The number of methoxy groups -OCH3 is 1. The molecule has 0 aliphatic heterocycles. The molecular formula is C11H16BrN3O4. The SMILES string of the molecule is COCC(CCBr)NC(=O)c1cc([N+](=O)[O-])cn1C. The highest BCUT2D eigenvalue weighted by Gasteiger charge is 2.19. The van der Waals surface area contributed by atoms with Crippen molar-refractivity contribution in [3.63, 3.8) is 0 Å². The van der Waals surface area contributed by atoms with Crippen molar-refractivity contribution in [2.45, 2.75) is 12.5 Å². The average Bonchev–Trinajstić information content (AvgIpc) is 2.72. The van der Waals surface area contributed by atoms with E-state index in [0.717, 1.165) is 5.33 Å². The summed E-state index contributed by atoms with van der Waals surface area (Å²) in [5.41, 5.74) is 0.152. The van der Waals surface area contributed by atoms with E-state index in [1.807, 2.05) is 0 Å². The van der Waals surface area contributed by atoms with Crippen LogP contribution in [0.4, 0.5) is 5.69 Å². The molecule has 0 spiro atoms. The van der Waals surface area contributed by atoms with E-state index in [2.05, 4.69) is 21.2 Å². The van der Waals surface area contributed by atoms with Gasteiger partial charge in [-0.15, -0.1) is 0 Å². The van der Waals surface area contributed by atoms with E-state index in [-0.39, 0.29) is 23.3 Å². The number of halogens is 1. The Morgan fingerprint density at radius 1 is 1.68 bits per heavy atom. The van der Waals surface area contributed by atoms with E-state index < -0.39 is 4.92 Å². The number of nitro groups is 1. The monoisotopic (exact) mass is 333 g/mol. The molecule has 0 saturated heterocycles. The molecule has 1 rings (SSSR count). The summed E-state index contributed by atoms with van der Waals surface area (Å²) in [6.45, 7) is 0.393. The summed E-state index contributed by atoms with van der Waals surface area (Å²) in [5, 5.41) is 14.2. The van der Waals surface area contributed by atoms with Crippen molar-refractivity contribution in [2.24, 2.45) is 7.05 Å². The van der Waals surface area contributed by atoms with E-state index >= 15 is 0 Å². The van der Waals surface area contributed by atoms with Gasteiger partial charge in [0.1, 0.15) is 5.69 Å². The molecule has 0 radical (unpaired) electrons. The van der Waals surface area contributed by atoms with E-state index in [0.29, 0.717) is 13.0 Å². The van der Waals surface area contributed by atoms with Crippen molar-refractivity contribution in [3.8, 4) is 0 Å². The minimum absolute atomic E-state index is 0.101. The molecule has 0 saturated carbocycles. The Labute approximate surface area is 119 Å². The highest BCUT2D eigenvalue weighted by Crippen LogP contribution is 2.15. The first-order valence-electron chi connectivity index (χ1n) is 5.66. The van der Waals surface area contributed by atoms with Crippen LogP contribution in [0.25, 0.3) is 0 Å². The zero-order valence-corrected chi connectivity index (χ0v) is 12.3. The number of rotatable bonds is 7. The largest absolute Gasteiger partial charge is 0.383 e. The molecule has 1 atom stereocenters. The summed E-state index contributed by atoms with van der Waals surface area (Å²) in [6.07, 6.45) is 2.02. The second kappa shape index (κ2) is 7.25. The first kappa shape index (κ1) is 15.6. The molecule has 0 aliphatic carbocycles. The minimum atomic E-state index is -0.526. The fraction of sp³-hybridized carbons (Fsp3) is 0.545. The molecule has 7 nitrogen and oxygen atoms in total. The Morgan fingerprint density at radius 3 is 2.84 bits per heavy atom. The van der Waals surface area contributed by atoms with Gasteiger partial charge in [-0.05, 0) is 6.42 Å². The van der Waals surface area contributed by atoms with Crippen LogP contribution in [0.15, 0.2) is 12.3 Å². The number of nitrogens with one attached hydrogen (secondary N) is 1. The molecule has 1 amide bonds. The lowest BCUT2D eigenvalue weighted by atomic mass is 10.2. The lowest BCUT2D eigenvalue weighted by Crippen LogP contribution is -2.39. The van der Waals surface area contributed by atoms with E-state index in [4.69, 9.17) is 4.74 Å². The molecule has 1 aromatic heterocycles. The summed E-state index contributed by atoms with van der Waals surface area (Å²) in [7, 11) is 3.15. The lowest BCUT2D eigenvalue weighted by Gasteiger charge is -2.16. The predicted molar refractivity (Wildman–Crippen MR) is 73.6 cm³/mol.